The molecule has 3 aromatic carbocycles. The Kier molecular flexibility index (Phi) is 5.52. The number of rotatable bonds is 5. The van der Waals surface area contributed by atoms with Crippen LogP contribution in [0.25, 0.3) is 33.1 Å². The fourth-order valence-corrected chi connectivity index (χ4v) is 3.99. The Labute approximate surface area is 210 Å². The van der Waals surface area contributed by atoms with Crippen molar-refractivity contribution in [2.75, 3.05) is 0 Å². The smallest absolute Gasteiger partial charge is 0.246 e. The van der Waals surface area contributed by atoms with Gasteiger partial charge in [0.2, 0.25) is 5.88 Å². The Morgan fingerprint density at radius 1 is 0.722 bits per heavy atom. The number of halogens is 1. The minimum absolute atomic E-state index is 0.0467. The maximum absolute atomic E-state index is 9.64. The third-order valence-electron chi connectivity index (χ3n) is 5.56. The lowest BCUT2D eigenvalue weighted by Crippen LogP contribution is -1.96. The Hall–Kier alpha value is -4.75. The Balaban J connectivity index is 1.27. The number of fused-ring (bicyclic) bond motifs is 2. The normalized spacial score (nSPS) is 11.0. The van der Waals surface area contributed by atoms with E-state index >= 15 is 0 Å². The van der Waals surface area contributed by atoms with Crippen LogP contribution >= 0.6 is 11.6 Å². The van der Waals surface area contributed by atoms with Crippen LogP contribution in [-0.2, 0) is 0 Å². The fraction of sp³-hybridized carbons (Fsp3) is 0. The van der Waals surface area contributed by atoms with Crippen LogP contribution < -0.4 is 9.47 Å². The number of aromatic nitrogens is 4. The predicted molar refractivity (Wildman–Crippen MR) is 138 cm³/mol. The molecular weight excluding hydrogens is 476 g/mol. The number of hydrogen-bond acceptors (Lipinski definition) is 7. The van der Waals surface area contributed by atoms with Gasteiger partial charge in [0.1, 0.15) is 28.5 Å². The van der Waals surface area contributed by atoms with Crippen molar-refractivity contribution in [2.24, 2.45) is 0 Å². The van der Waals surface area contributed by atoms with Gasteiger partial charge in [-0.05, 0) is 42.5 Å². The zero-order valence-corrected chi connectivity index (χ0v) is 19.4. The van der Waals surface area contributed by atoms with E-state index in [9.17, 15) is 5.11 Å². The molecule has 3 aromatic heterocycles. The van der Waals surface area contributed by atoms with E-state index in [-0.39, 0.29) is 5.75 Å². The van der Waals surface area contributed by atoms with Gasteiger partial charge < -0.3 is 14.6 Å². The van der Waals surface area contributed by atoms with Crippen LogP contribution in [0.1, 0.15) is 0 Å². The predicted octanol–water partition coefficient (Wildman–Crippen LogP) is 7.18. The SMILES string of the molecule is Oc1cnc2c(Oc3ccc(Oc4nnc(-c5ccc(Cl)cc5)c5ccccc45)cc3)ccnc2c1. The molecular formula is C28H17ClN4O3. The number of ether oxygens (including phenoxy) is 2. The molecule has 0 saturated heterocycles. The number of aromatic hydroxyl groups is 1. The van der Waals surface area contributed by atoms with Crippen molar-refractivity contribution in [1.82, 2.24) is 20.2 Å². The van der Waals surface area contributed by atoms with Gasteiger partial charge in [-0.25, -0.2) is 4.98 Å². The second-order valence-corrected chi connectivity index (χ2v) is 8.39. The summed E-state index contributed by atoms with van der Waals surface area (Å²) in [7, 11) is 0. The molecule has 8 heteroatoms. The highest BCUT2D eigenvalue weighted by molar-refractivity contribution is 6.30. The Morgan fingerprint density at radius 2 is 1.44 bits per heavy atom. The Bertz CT molecular complexity index is 1710. The summed E-state index contributed by atoms with van der Waals surface area (Å²) in [4.78, 5) is 8.45. The van der Waals surface area contributed by atoms with Crippen LogP contribution in [0.3, 0.4) is 0 Å². The molecule has 174 valence electrons. The molecule has 0 unspecified atom stereocenters. The van der Waals surface area contributed by atoms with Crippen LogP contribution in [0.2, 0.25) is 5.02 Å². The average Bonchev–Trinajstić information content (AvgIpc) is 2.90. The molecule has 3 heterocycles. The first-order chi connectivity index (χ1) is 17.6. The van der Waals surface area contributed by atoms with E-state index < -0.39 is 0 Å². The summed E-state index contributed by atoms with van der Waals surface area (Å²) in [6, 6.07) is 25.8. The molecule has 0 spiro atoms. The largest absolute Gasteiger partial charge is 0.506 e. The topological polar surface area (TPSA) is 90.3 Å². The molecule has 0 bridgehead atoms. The van der Waals surface area contributed by atoms with Gasteiger partial charge in [0.25, 0.3) is 0 Å². The lowest BCUT2D eigenvalue weighted by molar-refractivity contribution is 0.456. The lowest BCUT2D eigenvalue weighted by Gasteiger charge is -2.11. The molecule has 6 rings (SSSR count). The van der Waals surface area contributed by atoms with E-state index in [0.717, 1.165) is 22.0 Å². The molecule has 0 radical (unpaired) electrons. The van der Waals surface area contributed by atoms with Crippen molar-refractivity contribution < 1.29 is 14.6 Å². The van der Waals surface area contributed by atoms with E-state index in [1.807, 2.05) is 48.5 Å². The fourth-order valence-electron chi connectivity index (χ4n) is 3.87. The third kappa shape index (κ3) is 4.23. The number of pyridine rings is 2. The highest BCUT2D eigenvalue weighted by Gasteiger charge is 2.13. The van der Waals surface area contributed by atoms with Crippen LogP contribution in [0.5, 0.6) is 28.9 Å². The molecule has 0 aliphatic rings. The van der Waals surface area contributed by atoms with Crippen molar-refractivity contribution in [3.05, 3.63) is 102 Å². The van der Waals surface area contributed by atoms with E-state index in [4.69, 9.17) is 21.1 Å². The first-order valence-corrected chi connectivity index (χ1v) is 11.4. The first-order valence-electron chi connectivity index (χ1n) is 11.0. The minimum atomic E-state index is 0.0467. The van der Waals surface area contributed by atoms with Crippen molar-refractivity contribution in [2.45, 2.75) is 0 Å². The summed E-state index contributed by atoms with van der Waals surface area (Å²) in [5.74, 6) is 2.16. The summed E-state index contributed by atoms with van der Waals surface area (Å²) in [5.41, 5.74) is 2.77. The van der Waals surface area contributed by atoms with Gasteiger partial charge in [0, 0.05) is 39.7 Å². The van der Waals surface area contributed by atoms with Gasteiger partial charge >= 0.3 is 0 Å². The number of hydrogen-bond donors (Lipinski definition) is 1. The third-order valence-corrected chi connectivity index (χ3v) is 5.82. The summed E-state index contributed by atoms with van der Waals surface area (Å²) in [5, 5.41) is 20.9. The van der Waals surface area contributed by atoms with Gasteiger partial charge in [-0.1, -0.05) is 41.9 Å². The summed E-state index contributed by atoms with van der Waals surface area (Å²) in [6.45, 7) is 0. The zero-order chi connectivity index (χ0) is 24.5. The van der Waals surface area contributed by atoms with Crippen LogP contribution in [-0.4, -0.2) is 25.3 Å². The maximum atomic E-state index is 9.64. The summed E-state index contributed by atoms with van der Waals surface area (Å²) >= 11 is 6.04. The van der Waals surface area contributed by atoms with Gasteiger partial charge in [-0.2, -0.15) is 0 Å². The van der Waals surface area contributed by atoms with Gasteiger partial charge in [0.05, 0.1) is 11.7 Å². The van der Waals surface area contributed by atoms with E-state index in [0.29, 0.717) is 39.2 Å². The van der Waals surface area contributed by atoms with E-state index in [1.54, 1.807) is 36.5 Å². The molecule has 1 N–H and O–H groups in total. The average molecular weight is 493 g/mol. The molecule has 0 aliphatic heterocycles. The quantitative estimate of drug-likeness (QED) is 0.272. The van der Waals surface area contributed by atoms with Gasteiger partial charge in [-0.15, -0.1) is 10.2 Å². The first kappa shape index (κ1) is 21.8. The van der Waals surface area contributed by atoms with Crippen LogP contribution in [0.15, 0.2) is 97.3 Å². The van der Waals surface area contributed by atoms with Crippen LogP contribution in [0, 0.1) is 0 Å². The molecule has 36 heavy (non-hydrogen) atoms. The standard InChI is InChI=1S/C28H17ClN4O3/c29-18-7-5-17(6-8-18)26-22-3-1-2-4-23(22)28(33-32-26)36-21-11-9-20(10-12-21)35-25-13-14-30-24-15-19(34)16-31-27(24)25/h1-16,34H. The molecule has 0 fully saturated rings. The molecule has 6 aromatic rings. The van der Waals surface area contributed by atoms with Crippen LogP contribution in [0.4, 0.5) is 0 Å². The minimum Gasteiger partial charge on any atom is -0.506 e. The maximum Gasteiger partial charge on any atom is 0.246 e. The second kappa shape index (κ2) is 9.13. The summed E-state index contributed by atoms with van der Waals surface area (Å²) in [6.07, 6.45) is 2.96. The zero-order valence-electron chi connectivity index (χ0n) is 18.7. The molecule has 0 saturated carbocycles. The monoisotopic (exact) mass is 492 g/mol. The van der Waals surface area contributed by atoms with Gasteiger partial charge in [-0.3, -0.25) is 4.98 Å². The highest BCUT2D eigenvalue weighted by Crippen LogP contribution is 2.34. The number of benzene rings is 3. The molecule has 0 aliphatic carbocycles. The second-order valence-electron chi connectivity index (χ2n) is 7.95. The molecule has 0 atom stereocenters. The lowest BCUT2D eigenvalue weighted by atomic mass is 10.1. The summed E-state index contributed by atoms with van der Waals surface area (Å²) < 4.78 is 12.1. The van der Waals surface area contributed by atoms with E-state index in [2.05, 4.69) is 20.2 Å². The highest BCUT2D eigenvalue weighted by atomic mass is 35.5. The van der Waals surface area contributed by atoms with E-state index in [1.165, 1.54) is 12.3 Å². The molecule has 7 nitrogen and oxygen atoms in total. The Morgan fingerprint density at radius 3 is 2.22 bits per heavy atom. The van der Waals surface area contributed by atoms with Gasteiger partial charge in [0.15, 0.2) is 5.75 Å². The van der Waals surface area contributed by atoms with Crippen molar-refractivity contribution in [1.29, 1.82) is 0 Å². The van der Waals surface area contributed by atoms with Crippen molar-refractivity contribution >= 4 is 33.4 Å². The number of nitrogens with zero attached hydrogens (tertiary/aromatic N) is 4. The van der Waals surface area contributed by atoms with Crippen molar-refractivity contribution in [3.8, 4) is 40.1 Å². The molecule has 0 amide bonds. The van der Waals surface area contributed by atoms with Crippen molar-refractivity contribution in [3.63, 3.8) is 0 Å².